The van der Waals surface area contributed by atoms with Gasteiger partial charge in [-0.2, -0.15) is 0 Å². The fraction of sp³-hybridized carbons (Fsp3) is 0.533. The molecule has 2 atom stereocenters. The number of nitrogens with two attached hydrogens (primary N) is 1. The largest absolute Gasteiger partial charge is 0.393 e. The van der Waals surface area contributed by atoms with E-state index in [-0.39, 0.29) is 12.0 Å². The summed E-state index contributed by atoms with van der Waals surface area (Å²) in [4.78, 5) is 13.5. The van der Waals surface area contributed by atoms with Crippen molar-refractivity contribution in [3.63, 3.8) is 0 Å². The van der Waals surface area contributed by atoms with Crippen molar-refractivity contribution >= 4 is 5.91 Å². The Hall–Kier alpha value is -1.39. The zero-order chi connectivity index (χ0) is 14.0. The molecule has 104 valence electrons. The summed E-state index contributed by atoms with van der Waals surface area (Å²) in [6, 6.07) is 5.61. The molecule has 2 unspecified atom stereocenters. The molecule has 4 heteroatoms. The normalized spacial score (nSPS) is 21.5. The van der Waals surface area contributed by atoms with Gasteiger partial charge in [0.2, 0.25) is 5.91 Å². The van der Waals surface area contributed by atoms with Gasteiger partial charge >= 0.3 is 0 Å². The first-order valence-electron chi connectivity index (χ1n) is 6.77. The summed E-state index contributed by atoms with van der Waals surface area (Å²) in [6.45, 7) is 6.69. The van der Waals surface area contributed by atoms with Crippen molar-refractivity contribution in [3.05, 3.63) is 34.9 Å². The summed E-state index contributed by atoms with van der Waals surface area (Å²) in [5.74, 6) is -0.00445. The van der Waals surface area contributed by atoms with E-state index in [1.807, 2.05) is 26.0 Å². The maximum Gasteiger partial charge on any atom is 0.248 e. The molecule has 2 rings (SSSR count). The number of aliphatic hydroxyl groups excluding tert-OH is 1. The molecule has 1 fully saturated rings. The van der Waals surface area contributed by atoms with Crippen LogP contribution in [0.5, 0.6) is 0 Å². The first-order chi connectivity index (χ1) is 8.97. The number of hydrogen-bond acceptors (Lipinski definition) is 3. The molecule has 1 aliphatic heterocycles. The van der Waals surface area contributed by atoms with Crippen LogP contribution in [0, 0.1) is 12.8 Å². The fourth-order valence-electron chi connectivity index (χ4n) is 2.67. The molecule has 19 heavy (non-hydrogen) atoms. The molecule has 1 aromatic carbocycles. The third kappa shape index (κ3) is 3.33. The average molecular weight is 262 g/mol. The van der Waals surface area contributed by atoms with E-state index >= 15 is 0 Å². The van der Waals surface area contributed by atoms with Crippen LogP contribution in [-0.2, 0) is 6.54 Å². The van der Waals surface area contributed by atoms with Crippen molar-refractivity contribution in [2.24, 2.45) is 11.7 Å². The van der Waals surface area contributed by atoms with Gasteiger partial charge in [-0.1, -0.05) is 6.07 Å². The van der Waals surface area contributed by atoms with Gasteiger partial charge in [0, 0.05) is 18.7 Å². The Morgan fingerprint density at radius 3 is 2.84 bits per heavy atom. The van der Waals surface area contributed by atoms with E-state index in [9.17, 15) is 9.90 Å². The molecule has 1 amide bonds. The minimum absolute atomic E-state index is 0.233. The zero-order valence-corrected chi connectivity index (χ0v) is 11.6. The standard InChI is InChI=1S/C15H22N2O2/c1-10-7-12(15(16)19)3-4-13(10)8-17-6-5-14(9-17)11(2)18/h3-4,7,11,14,18H,5-6,8-9H2,1-2H3,(H2,16,19). The summed E-state index contributed by atoms with van der Waals surface area (Å²) in [5.41, 5.74) is 8.14. The first-order valence-corrected chi connectivity index (χ1v) is 6.77. The number of carbonyl (C=O) groups excluding carboxylic acids is 1. The number of benzene rings is 1. The lowest BCUT2D eigenvalue weighted by molar-refractivity contribution is 0.1000. The Bertz CT molecular complexity index is 471. The molecular weight excluding hydrogens is 240 g/mol. The maximum absolute atomic E-state index is 11.1. The fourth-order valence-corrected chi connectivity index (χ4v) is 2.67. The van der Waals surface area contributed by atoms with E-state index in [0.717, 1.165) is 31.6 Å². The predicted octanol–water partition coefficient (Wildman–Crippen LogP) is 1.30. The van der Waals surface area contributed by atoms with E-state index in [0.29, 0.717) is 11.5 Å². The minimum atomic E-state index is -0.384. The Kier molecular flexibility index (Phi) is 4.22. The Morgan fingerprint density at radius 2 is 2.32 bits per heavy atom. The minimum Gasteiger partial charge on any atom is -0.393 e. The van der Waals surface area contributed by atoms with E-state index in [2.05, 4.69) is 4.90 Å². The molecule has 0 spiro atoms. The van der Waals surface area contributed by atoms with Crippen LogP contribution in [0.4, 0.5) is 0 Å². The van der Waals surface area contributed by atoms with Crippen LogP contribution in [0.15, 0.2) is 18.2 Å². The Balaban J connectivity index is 2.02. The highest BCUT2D eigenvalue weighted by Crippen LogP contribution is 2.22. The predicted molar refractivity (Wildman–Crippen MR) is 74.8 cm³/mol. The van der Waals surface area contributed by atoms with Gasteiger partial charge in [-0.25, -0.2) is 0 Å². The van der Waals surface area contributed by atoms with Crippen LogP contribution in [0.1, 0.15) is 34.8 Å². The quantitative estimate of drug-likeness (QED) is 0.859. The number of amides is 1. The van der Waals surface area contributed by atoms with E-state index in [1.165, 1.54) is 5.56 Å². The third-order valence-electron chi connectivity index (χ3n) is 4.01. The summed E-state index contributed by atoms with van der Waals surface area (Å²) in [6.07, 6.45) is 0.819. The van der Waals surface area contributed by atoms with Gasteiger partial charge in [-0.15, -0.1) is 0 Å². The van der Waals surface area contributed by atoms with Crippen LogP contribution in [0.2, 0.25) is 0 Å². The van der Waals surface area contributed by atoms with Crippen LogP contribution >= 0.6 is 0 Å². The van der Waals surface area contributed by atoms with E-state index in [1.54, 1.807) is 6.07 Å². The second kappa shape index (κ2) is 5.72. The third-order valence-corrected chi connectivity index (χ3v) is 4.01. The molecule has 0 bridgehead atoms. The number of nitrogens with zero attached hydrogens (tertiary/aromatic N) is 1. The summed E-state index contributed by atoms with van der Waals surface area (Å²) in [7, 11) is 0. The van der Waals surface area contributed by atoms with Crippen molar-refractivity contribution in [2.75, 3.05) is 13.1 Å². The van der Waals surface area contributed by atoms with Crippen LogP contribution in [0.3, 0.4) is 0 Å². The molecule has 1 heterocycles. The number of likely N-dealkylation sites (tertiary alicyclic amines) is 1. The highest BCUT2D eigenvalue weighted by molar-refractivity contribution is 5.93. The van der Waals surface area contributed by atoms with Crippen molar-refractivity contribution in [3.8, 4) is 0 Å². The highest BCUT2D eigenvalue weighted by Gasteiger charge is 2.26. The van der Waals surface area contributed by atoms with Gasteiger partial charge in [0.1, 0.15) is 0 Å². The molecular formula is C15H22N2O2. The molecule has 1 aromatic rings. The Labute approximate surface area is 114 Å². The van der Waals surface area contributed by atoms with E-state index < -0.39 is 0 Å². The number of carbonyl (C=O) groups is 1. The average Bonchev–Trinajstić information content (AvgIpc) is 2.80. The molecule has 3 N–H and O–H groups in total. The molecule has 1 saturated heterocycles. The number of primary amides is 1. The van der Waals surface area contributed by atoms with Crippen molar-refractivity contribution < 1.29 is 9.90 Å². The molecule has 0 radical (unpaired) electrons. The van der Waals surface area contributed by atoms with Crippen LogP contribution < -0.4 is 5.73 Å². The van der Waals surface area contributed by atoms with Crippen molar-refractivity contribution in [1.29, 1.82) is 0 Å². The second-order valence-corrected chi connectivity index (χ2v) is 5.53. The van der Waals surface area contributed by atoms with Crippen LogP contribution in [-0.4, -0.2) is 35.1 Å². The topological polar surface area (TPSA) is 66.6 Å². The van der Waals surface area contributed by atoms with Gasteiger partial charge in [-0.3, -0.25) is 9.69 Å². The smallest absolute Gasteiger partial charge is 0.248 e. The van der Waals surface area contributed by atoms with E-state index in [4.69, 9.17) is 5.73 Å². The zero-order valence-electron chi connectivity index (χ0n) is 11.6. The molecule has 0 aliphatic carbocycles. The Morgan fingerprint density at radius 1 is 1.58 bits per heavy atom. The number of rotatable bonds is 4. The lowest BCUT2D eigenvalue weighted by Crippen LogP contribution is -2.24. The summed E-state index contributed by atoms with van der Waals surface area (Å²) in [5, 5.41) is 9.61. The lowest BCUT2D eigenvalue weighted by Gasteiger charge is -2.18. The lowest BCUT2D eigenvalue weighted by atomic mass is 10.0. The molecule has 0 saturated carbocycles. The summed E-state index contributed by atoms with van der Waals surface area (Å²) >= 11 is 0. The number of hydrogen-bond donors (Lipinski definition) is 2. The summed E-state index contributed by atoms with van der Waals surface area (Å²) < 4.78 is 0. The molecule has 4 nitrogen and oxygen atoms in total. The maximum atomic E-state index is 11.1. The van der Waals surface area contributed by atoms with Gasteiger partial charge < -0.3 is 10.8 Å². The van der Waals surface area contributed by atoms with Gasteiger partial charge in [-0.05, 0) is 56.0 Å². The molecule has 1 aliphatic rings. The van der Waals surface area contributed by atoms with Gasteiger partial charge in [0.15, 0.2) is 0 Å². The molecule has 0 aromatic heterocycles. The number of aryl methyl sites for hydroxylation is 1. The van der Waals surface area contributed by atoms with Gasteiger partial charge in [0.05, 0.1) is 6.10 Å². The highest BCUT2D eigenvalue weighted by atomic mass is 16.3. The monoisotopic (exact) mass is 262 g/mol. The van der Waals surface area contributed by atoms with Gasteiger partial charge in [0.25, 0.3) is 0 Å². The second-order valence-electron chi connectivity index (χ2n) is 5.53. The first kappa shape index (κ1) is 14.0. The van der Waals surface area contributed by atoms with Crippen LogP contribution in [0.25, 0.3) is 0 Å². The SMILES string of the molecule is Cc1cc(C(N)=O)ccc1CN1CCC(C(C)O)C1. The van der Waals surface area contributed by atoms with Crippen molar-refractivity contribution in [1.82, 2.24) is 4.90 Å². The number of aliphatic hydroxyl groups is 1. The van der Waals surface area contributed by atoms with Crippen molar-refractivity contribution in [2.45, 2.75) is 32.9 Å².